The van der Waals surface area contributed by atoms with Gasteiger partial charge >= 0.3 is 5.97 Å². The number of imide groups is 1. The van der Waals surface area contributed by atoms with E-state index >= 15 is 0 Å². The molecule has 0 unspecified atom stereocenters. The Balaban J connectivity index is 1.45. The fourth-order valence-corrected chi connectivity index (χ4v) is 2.80. The zero-order valence-corrected chi connectivity index (χ0v) is 14.2. The van der Waals surface area contributed by atoms with Gasteiger partial charge in [-0.1, -0.05) is 35.9 Å². The Labute approximate surface area is 150 Å². The molecule has 2 amide bonds. The summed E-state index contributed by atoms with van der Waals surface area (Å²) in [4.78, 5) is 37.4. The Morgan fingerprint density at radius 1 is 0.960 bits per heavy atom. The molecule has 25 heavy (non-hydrogen) atoms. The molecule has 1 heterocycles. The molecule has 5 nitrogen and oxygen atoms in total. The van der Waals surface area contributed by atoms with Crippen LogP contribution in [-0.2, 0) is 16.0 Å². The van der Waals surface area contributed by atoms with E-state index in [2.05, 4.69) is 0 Å². The highest BCUT2D eigenvalue weighted by Crippen LogP contribution is 2.22. The molecule has 0 N–H and O–H groups in total. The molecule has 6 heteroatoms. The van der Waals surface area contributed by atoms with Crippen molar-refractivity contribution in [2.75, 3.05) is 13.2 Å². The summed E-state index contributed by atoms with van der Waals surface area (Å²) in [7, 11) is 0. The average molecular weight is 358 g/mol. The van der Waals surface area contributed by atoms with E-state index in [1.807, 2.05) is 0 Å². The third-order valence-electron chi connectivity index (χ3n) is 3.93. The third-order valence-corrected chi connectivity index (χ3v) is 4.18. The molecule has 3 rings (SSSR count). The number of rotatable bonds is 6. The van der Waals surface area contributed by atoms with Crippen LogP contribution in [0.2, 0.25) is 5.02 Å². The normalized spacial score (nSPS) is 13.1. The molecule has 0 radical (unpaired) electrons. The first-order valence-electron chi connectivity index (χ1n) is 7.91. The minimum Gasteiger partial charge on any atom is -0.465 e. The molecule has 0 aliphatic carbocycles. The van der Waals surface area contributed by atoms with E-state index in [1.165, 1.54) is 4.90 Å². The Morgan fingerprint density at radius 3 is 2.16 bits per heavy atom. The number of hydrogen-bond acceptors (Lipinski definition) is 4. The van der Waals surface area contributed by atoms with E-state index in [9.17, 15) is 14.4 Å². The minimum absolute atomic E-state index is 0.153. The molecule has 0 fully saturated rings. The molecule has 128 valence electrons. The Kier molecular flexibility index (Phi) is 5.14. The van der Waals surface area contributed by atoms with Crippen LogP contribution in [0.15, 0.2) is 48.5 Å². The maximum atomic E-state index is 12.2. The maximum absolute atomic E-state index is 12.2. The summed E-state index contributed by atoms with van der Waals surface area (Å²) in [5.74, 6) is -0.953. The van der Waals surface area contributed by atoms with Crippen LogP contribution in [0, 0.1) is 0 Å². The van der Waals surface area contributed by atoms with Gasteiger partial charge in [0.25, 0.3) is 11.8 Å². The number of nitrogens with zero attached hydrogens (tertiary/aromatic N) is 1. The zero-order valence-electron chi connectivity index (χ0n) is 13.4. The summed E-state index contributed by atoms with van der Waals surface area (Å²) in [6, 6.07) is 13.7. The van der Waals surface area contributed by atoms with Crippen LogP contribution in [0.5, 0.6) is 0 Å². The van der Waals surface area contributed by atoms with E-state index in [4.69, 9.17) is 16.3 Å². The van der Waals surface area contributed by atoms with Crippen LogP contribution in [0.1, 0.15) is 32.7 Å². The summed E-state index contributed by atoms with van der Waals surface area (Å²) in [5, 5.41) is 0.609. The van der Waals surface area contributed by atoms with E-state index < -0.39 is 0 Å². The van der Waals surface area contributed by atoms with Crippen molar-refractivity contribution in [1.29, 1.82) is 0 Å². The number of ether oxygens (including phenoxy) is 1. The predicted molar refractivity (Wildman–Crippen MR) is 92.5 cm³/mol. The number of halogens is 1. The Bertz CT molecular complexity index is 781. The van der Waals surface area contributed by atoms with Gasteiger partial charge in [0.2, 0.25) is 0 Å². The number of fused-ring (bicyclic) bond motifs is 1. The lowest BCUT2D eigenvalue weighted by atomic mass is 10.1. The molecule has 2 aromatic rings. The van der Waals surface area contributed by atoms with Crippen molar-refractivity contribution in [2.24, 2.45) is 0 Å². The van der Waals surface area contributed by atoms with Crippen LogP contribution in [-0.4, -0.2) is 35.8 Å². The molecule has 1 aliphatic heterocycles. The second kappa shape index (κ2) is 7.49. The maximum Gasteiger partial charge on any atom is 0.310 e. The molecule has 0 saturated heterocycles. The fraction of sp³-hybridized carbons (Fsp3) is 0.211. The van der Waals surface area contributed by atoms with E-state index in [1.54, 1.807) is 48.5 Å². The molecule has 0 aromatic heterocycles. The fourth-order valence-electron chi connectivity index (χ4n) is 2.67. The monoisotopic (exact) mass is 357 g/mol. The van der Waals surface area contributed by atoms with Crippen LogP contribution < -0.4 is 0 Å². The van der Waals surface area contributed by atoms with E-state index in [0.29, 0.717) is 22.6 Å². The van der Waals surface area contributed by atoms with E-state index in [0.717, 1.165) is 5.56 Å². The van der Waals surface area contributed by atoms with Crippen LogP contribution in [0.4, 0.5) is 0 Å². The Morgan fingerprint density at radius 2 is 1.56 bits per heavy atom. The highest BCUT2D eigenvalue weighted by atomic mass is 35.5. The highest BCUT2D eigenvalue weighted by molar-refractivity contribution is 6.30. The second-order valence-electron chi connectivity index (χ2n) is 5.68. The lowest BCUT2D eigenvalue weighted by molar-refractivity contribution is -0.142. The largest absolute Gasteiger partial charge is 0.465 e. The predicted octanol–water partition coefficient (Wildman–Crippen LogP) is 3.11. The molecule has 2 aromatic carbocycles. The third kappa shape index (κ3) is 3.88. The van der Waals surface area contributed by atoms with Crippen molar-refractivity contribution in [3.8, 4) is 0 Å². The molecular weight excluding hydrogens is 342 g/mol. The summed E-state index contributed by atoms with van der Waals surface area (Å²) in [6.07, 6.45) is 0.558. The first kappa shape index (κ1) is 17.2. The molecule has 0 bridgehead atoms. The lowest BCUT2D eigenvalue weighted by Crippen LogP contribution is -2.31. The number of amides is 2. The summed E-state index contributed by atoms with van der Waals surface area (Å²) in [6.45, 7) is 0.375. The SMILES string of the molecule is O=C(Cc1ccc(Cl)cc1)OCCCN1C(=O)c2ccccc2C1=O. The number of hydrogen-bond donors (Lipinski definition) is 0. The van der Waals surface area contributed by atoms with Gasteiger partial charge in [-0.15, -0.1) is 0 Å². The number of carbonyl (C=O) groups is 3. The lowest BCUT2D eigenvalue weighted by Gasteiger charge is -2.13. The first-order valence-corrected chi connectivity index (χ1v) is 8.29. The summed E-state index contributed by atoms with van der Waals surface area (Å²) in [5.41, 5.74) is 1.66. The minimum atomic E-state index is -0.357. The molecule has 1 aliphatic rings. The van der Waals surface area contributed by atoms with Gasteiger partial charge in [0, 0.05) is 11.6 Å². The molecule has 0 spiro atoms. The van der Waals surface area contributed by atoms with Gasteiger partial charge in [-0.05, 0) is 36.2 Å². The molecule has 0 atom stereocenters. The summed E-state index contributed by atoms with van der Waals surface area (Å²) >= 11 is 5.79. The van der Waals surface area contributed by atoms with Gasteiger partial charge in [0.05, 0.1) is 24.2 Å². The van der Waals surface area contributed by atoms with Crippen molar-refractivity contribution < 1.29 is 19.1 Å². The molecule has 0 saturated carbocycles. The van der Waals surface area contributed by atoms with Crippen LogP contribution in [0.3, 0.4) is 0 Å². The first-order chi connectivity index (χ1) is 12.1. The van der Waals surface area contributed by atoms with Crippen molar-refractivity contribution >= 4 is 29.4 Å². The van der Waals surface area contributed by atoms with Crippen molar-refractivity contribution in [3.05, 3.63) is 70.2 Å². The van der Waals surface area contributed by atoms with Gasteiger partial charge in [0.1, 0.15) is 0 Å². The standard InChI is InChI=1S/C19H16ClNO4/c20-14-8-6-13(7-9-14)12-17(22)25-11-3-10-21-18(23)15-4-1-2-5-16(15)19(21)24/h1-2,4-9H,3,10-12H2. The van der Waals surface area contributed by atoms with E-state index in [-0.39, 0.29) is 37.4 Å². The average Bonchev–Trinajstić information content (AvgIpc) is 2.86. The van der Waals surface area contributed by atoms with Crippen LogP contribution >= 0.6 is 11.6 Å². The topological polar surface area (TPSA) is 63.7 Å². The smallest absolute Gasteiger partial charge is 0.310 e. The van der Waals surface area contributed by atoms with Gasteiger partial charge in [0.15, 0.2) is 0 Å². The number of esters is 1. The van der Waals surface area contributed by atoms with Gasteiger partial charge in [-0.3, -0.25) is 19.3 Å². The summed E-state index contributed by atoms with van der Waals surface area (Å²) < 4.78 is 5.16. The van der Waals surface area contributed by atoms with Gasteiger partial charge in [-0.25, -0.2) is 0 Å². The van der Waals surface area contributed by atoms with Crippen molar-refractivity contribution in [2.45, 2.75) is 12.8 Å². The number of benzene rings is 2. The second-order valence-corrected chi connectivity index (χ2v) is 6.12. The van der Waals surface area contributed by atoms with Gasteiger partial charge < -0.3 is 4.74 Å². The molecular formula is C19H16ClNO4. The van der Waals surface area contributed by atoms with Gasteiger partial charge in [-0.2, -0.15) is 0 Å². The van der Waals surface area contributed by atoms with Crippen LogP contribution in [0.25, 0.3) is 0 Å². The number of carbonyl (C=O) groups excluding carboxylic acids is 3. The van der Waals surface area contributed by atoms with Crippen molar-refractivity contribution in [3.63, 3.8) is 0 Å². The zero-order chi connectivity index (χ0) is 17.8. The quantitative estimate of drug-likeness (QED) is 0.452. The Hall–Kier alpha value is -2.66. The van der Waals surface area contributed by atoms with Crippen molar-refractivity contribution in [1.82, 2.24) is 4.90 Å². The highest BCUT2D eigenvalue weighted by Gasteiger charge is 2.34.